The van der Waals surface area contributed by atoms with E-state index in [1.807, 2.05) is 0 Å². The Morgan fingerprint density at radius 2 is 1.50 bits per heavy atom. The minimum Gasteiger partial charge on any atom is -0.759 e. The second-order valence-corrected chi connectivity index (χ2v) is 2.67. The molecule has 3 N–H and O–H groups in total. The van der Waals surface area contributed by atoms with Crippen LogP contribution in [0.25, 0.3) is 0 Å². The molecule has 4 nitrogen and oxygen atoms in total. The van der Waals surface area contributed by atoms with Crippen molar-refractivity contribution in [3.8, 4) is 0 Å². The van der Waals surface area contributed by atoms with E-state index in [9.17, 15) is 0 Å². The van der Waals surface area contributed by atoms with Gasteiger partial charge in [0.1, 0.15) is 12.2 Å². The molecule has 3 radical (unpaired) electrons. The second-order valence-electron chi connectivity index (χ2n) is 2.21. The molecule has 1 saturated heterocycles. The molecule has 0 aromatic carbocycles. The third kappa shape index (κ3) is 8.43. The number of aliphatic hydroxyl groups excluding tert-OH is 3. The van der Waals surface area contributed by atoms with E-state index in [0.717, 1.165) is 0 Å². The molecule has 1 rings (SSSR count). The van der Waals surface area contributed by atoms with Gasteiger partial charge in [0, 0.05) is 132 Å². The van der Waals surface area contributed by atoms with Gasteiger partial charge in [-0.05, 0) is 5.44 Å². The fourth-order valence-corrected chi connectivity index (χ4v) is 1.17. The summed E-state index contributed by atoms with van der Waals surface area (Å²) in [6.07, 6.45) is -2.82. The molecule has 0 aliphatic carbocycles. The van der Waals surface area contributed by atoms with Crippen LogP contribution in [0.2, 0.25) is 0 Å². The summed E-state index contributed by atoms with van der Waals surface area (Å²) in [6.45, 7) is -0.314. The number of rotatable bonds is 1. The Balaban J connectivity index is -0.000000125. The van der Waals surface area contributed by atoms with Gasteiger partial charge in [-0.15, -0.1) is 0 Å². The van der Waals surface area contributed by atoms with Crippen molar-refractivity contribution >= 4 is 12.6 Å². The van der Waals surface area contributed by atoms with Crippen LogP contribution in [0.1, 0.15) is 0 Å². The first-order valence-corrected chi connectivity index (χ1v) is 3.42. The van der Waals surface area contributed by atoms with Gasteiger partial charge in [-0.1, -0.05) is 0 Å². The van der Waals surface area contributed by atoms with Crippen LogP contribution >= 0.6 is 0 Å². The summed E-state index contributed by atoms with van der Waals surface area (Å²) in [5.74, 6) is 0. The average molecular weight is 1040 g/mol. The first-order chi connectivity index (χ1) is 4.66. The Bertz CT molecular complexity index is 136. The molecule has 79 valence electrons. The number of ether oxygens (including phenoxy) is 1. The maximum Gasteiger partial charge on any atom is 1.00 e. The molecular formula is C5H9Ac3AuO4S. The van der Waals surface area contributed by atoms with Crippen molar-refractivity contribution < 1.29 is 175 Å². The van der Waals surface area contributed by atoms with Crippen molar-refractivity contribution in [3.05, 3.63) is 0 Å². The Morgan fingerprint density at radius 1 is 1.07 bits per heavy atom. The molecule has 0 saturated carbocycles. The van der Waals surface area contributed by atoms with Gasteiger partial charge in [0.15, 0.2) is 0 Å². The molecule has 4 unspecified atom stereocenters. The van der Waals surface area contributed by atoms with Crippen molar-refractivity contribution in [3.63, 3.8) is 0 Å². The van der Waals surface area contributed by atoms with Gasteiger partial charge >= 0.3 is 22.4 Å². The van der Waals surface area contributed by atoms with Crippen LogP contribution in [0.15, 0.2) is 0 Å². The average Bonchev–Trinajstić information content (AvgIpc) is 2.17. The first-order valence-electron chi connectivity index (χ1n) is 2.95. The standard InChI is InChI=1S/C5H10O4S.3Ac.Au/c6-1-2-3(7)4(8)5(10)9-2;;;;/h2-8,10H,1H2;;;;/q;;;;+1/p-1. The number of hydrogen-bond acceptors (Lipinski definition) is 5. The van der Waals surface area contributed by atoms with E-state index in [0.29, 0.717) is 0 Å². The normalized spacial score (nSPS) is 34.3. The third-order valence-corrected chi connectivity index (χ3v) is 1.89. The molecule has 1 fully saturated rings. The largest absolute Gasteiger partial charge is 1.00 e. The van der Waals surface area contributed by atoms with Crippen molar-refractivity contribution in [2.45, 2.75) is 23.7 Å². The molecule has 1 heterocycles. The van der Waals surface area contributed by atoms with Crippen molar-refractivity contribution in [1.82, 2.24) is 0 Å². The van der Waals surface area contributed by atoms with E-state index in [1.165, 1.54) is 0 Å². The van der Waals surface area contributed by atoms with Crippen LogP contribution < -0.4 is 0 Å². The van der Waals surface area contributed by atoms with E-state index < -0.39 is 23.7 Å². The van der Waals surface area contributed by atoms with Gasteiger partial charge in [-0.3, -0.25) is 0 Å². The molecule has 0 bridgehead atoms. The molecule has 0 amide bonds. The zero-order valence-electron chi connectivity index (χ0n) is 7.21. The van der Waals surface area contributed by atoms with Crippen LogP contribution in [-0.2, 0) is 39.7 Å². The minimum atomic E-state index is -1.05. The van der Waals surface area contributed by atoms with Crippen molar-refractivity contribution in [2.24, 2.45) is 0 Å². The summed E-state index contributed by atoms with van der Waals surface area (Å²) < 4.78 is 4.80. The zero-order chi connectivity index (χ0) is 7.72. The maximum atomic E-state index is 9.03. The van der Waals surface area contributed by atoms with Crippen LogP contribution in [0.5, 0.6) is 0 Å². The van der Waals surface area contributed by atoms with Crippen LogP contribution in [0, 0.1) is 132 Å². The number of aliphatic hydroxyl groups is 3. The van der Waals surface area contributed by atoms with Gasteiger partial charge in [0.2, 0.25) is 0 Å². The minimum absolute atomic E-state index is 0. The topological polar surface area (TPSA) is 69.9 Å². The molecule has 0 aromatic heterocycles. The smallest absolute Gasteiger partial charge is 0.759 e. The predicted molar refractivity (Wildman–Crippen MR) is 35.1 cm³/mol. The summed E-state index contributed by atoms with van der Waals surface area (Å²) in [4.78, 5) is 0. The van der Waals surface area contributed by atoms with E-state index in [1.54, 1.807) is 0 Å². The molecule has 0 spiro atoms. The van der Waals surface area contributed by atoms with E-state index in [4.69, 9.17) is 20.1 Å². The van der Waals surface area contributed by atoms with Gasteiger partial charge in [-0.25, -0.2) is 0 Å². The summed E-state index contributed by atoms with van der Waals surface area (Å²) in [6, 6.07) is 0. The first kappa shape index (κ1) is 27.6. The predicted octanol–water partition coefficient (Wildman–Crippen LogP) is -2.03. The summed E-state index contributed by atoms with van der Waals surface area (Å²) >= 11 is 4.60. The van der Waals surface area contributed by atoms with E-state index in [2.05, 4.69) is 12.6 Å². The van der Waals surface area contributed by atoms with Crippen LogP contribution in [-0.4, -0.2) is 45.7 Å². The van der Waals surface area contributed by atoms with Crippen LogP contribution in [0.4, 0.5) is 0 Å². The van der Waals surface area contributed by atoms with Gasteiger partial charge in [-0.2, -0.15) is 0 Å². The molecule has 0 aromatic rings. The zero-order valence-corrected chi connectivity index (χ0v) is 24.4. The van der Waals surface area contributed by atoms with Gasteiger partial charge in [0.05, 0.1) is 12.7 Å². The molecular weight excluding hydrogens is 1030 g/mol. The summed E-state index contributed by atoms with van der Waals surface area (Å²) in [7, 11) is 0. The maximum absolute atomic E-state index is 9.03. The monoisotopic (exact) mass is 1040 g/mol. The van der Waals surface area contributed by atoms with Crippen molar-refractivity contribution in [2.75, 3.05) is 6.61 Å². The Kier molecular flexibility index (Phi) is 28.9. The van der Waals surface area contributed by atoms with E-state index in [-0.39, 0.29) is 161 Å². The molecule has 14 heavy (non-hydrogen) atoms. The molecule has 9 heteroatoms. The van der Waals surface area contributed by atoms with Crippen LogP contribution in [0.3, 0.4) is 0 Å². The quantitative estimate of drug-likeness (QED) is 0.209. The van der Waals surface area contributed by atoms with E-state index >= 15 is 0 Å². The summed E-state index contributed by atoms with van der Waals surface area (Å²) in [5.41, 5.74) is -0.799. The van der Waals surface area contributed by atoms with Crippen molar-refractivity contribution in [1.29, 1.82) is 0 Å². The number of hydrogen-bond donors (Lipinski definition) is 3. The fraction of sp³-hybridized carbons (Fsp3) is 1.00. The fourth-order valence-electron chi connectivity index (χ4n) is 0.865. The summed E-state index contributed by atoms with van der Waals surface area (Å²) in [5, 5.41) is 26.5. The molecule has 1 aliphatic rings. The molecule has 1 aliphatic heterocycles. The SMILES string of the molecule is OCC1OC([S-])C(O)C1O.[Ac].[Ac].[Ac].[Au+]. The Hall–Kier alpha value is 5.25. The third-order valence-electron chi connectivity index (χ3n) is 1.50. The van der Waals surface area contributed by atoms with Gasteiger partial charge in [0.25, 0.3) is 0 Å². The Labute approximate surface area is 212 Å². The van der Waals surface area contributed by atoms with Gasteiger partial charge < -0.3 is 32.7 Å². The molecule has 4 atom stereocenters. The second kappa shape index (κ2) is 14.7. The Morgan fingerprint density at radius 3 is 1.64 bits per heavy atom.